The summed E-state index contributed by atoms with van der Waals surface area (Å²) in [5, 5.41) is 3.95. The number of aromatic nitrogens is 1. The third-order valence-electron chi connectivity index (χ3n) is 3.67. The normalized spacial score (nSPS) is 10.8. The van der Waals surface area contributed by atoms with Gasteiger partial charge in [0.1, 0.15) is 12.4 Å². The molecule has 0 aliphatic heterocycles. The number of amides is 1. The van der Waals surface area contributed by atoms with Gasteiger partial charge in [0.15, 0.2) is 0 Å². The van der Waals surface area contributed by atoms with Gasteiger partial charge in [-0.05, 0) is 35.6 Å². The van der Waals surface area contributed by atoms with E-state index in [4.69, 9.17) is 0 Å². The van der Waals surface area contributed by atoms with Crippen molar-refractivity contribution in [2.24, 2.45) is 0 Å². The number of rotatable bonds is 5. The monoisotopic (exact) mass is 296 g/mol. The smallest absolute Gasteiger partial charge is 0.239 e. The number of hydrogen-bond acceptors (Lipinski definition) is 1. The molecular weight excluding hydrogens is 279 g/mol. The number of nitrogens with one attached hydrogen (secondary N) is 1. The highest BCUT2D eigenvalue weighted by atomic mass is 19.1. The zero-order valence-electron chi connectivity index (χ0n) is 12.1. The van der Waals surface area contributed by atoms with Crippen LogP contribution < -0.4 is 5.32 Å². The Morgan fingerprint density at radius 3 is 2.68 bits per heavy atom. The molecule has 0 spiro atoms. The molecule has 22 heavy (non-hydrogen) atoms. The van der Waals surface area contributed by atoms with E-state index in [1.807, 2.05) is 41.1 Å². The van der Waals surface area contributed by atoms with E-state index in [1.54, 1.807) is 18.2 Å². The predicted molar refractivity (Wildman–Crippen MR) is 85.1 cm³/mol. The molecule has 112 valence electrons. The van der Waals surface area contributed by atoms with Crippen molar-refractivity contribution < 1.29 is 9.18 Å². The molecule has 1 aromatic heterocycles. The van der Waals surface area contributed by atoms with Crippen molar-refractivity contribution in [2.75, 3.05) is 6.54 Å². The summed E-state index contributed by atoms with van der Waals surface area (Å²) in [5.41, 5.74) is 1.65. The first-order valence-electron chi connectivity index (χ1n) is 7.28. The van der Waals surface area contributed by atoms with Gasteiger partial charge in [-0.2, -0.15) is 0 Å². The zero-order valence-corrected chi connectivity index (χ0v) is 12.1. The predicted octanol–water partition coefficient (Wildman–Crippen LogP) is 3.14. The topological polar surface area (TPSA) is 34.0 Å². The summed E-state index contributed by atoms with van der Waals surface area (Å²) in [6.07, 6.45) is 2.39. The van der Waals surface area contributed by atoms with Gasteiger partial charge in [-0.3, -0.25) is 4.79 Å². The third-order valence-corrected chi connectivity index (χ3v) is 3.67. The highest BCUT2D eigenvalue weighted by Gasteiger charge is 2.06. The van der Waals surface area contributed by atoms with Gasteiger partial charge < -0.3 is 9.88 Å². The lowest BCUT2D eigenvalue weighted by Crippen LogP contribution is -2.29. The minimum atomic E-state index is -0.229. The van der Waals surface area contributed by atoms with E-state index in [0.29, 0.717) is 18.5 Å². The molecule has 1 N–H and O–H groups in total. The quantitative estimate of drug-likeness (QED) is 0.771. The average molecular weight is 296 g/mol. The molecule has 0 radical (unpaired) electrons. The summed E-state index contributed by atoms with van der Waals surface area (Å²) < 4.78 is 15.4. The fraction of sp³-hybridized carbons (Fsp3) is 0.167. The molecule has 2 aromatic carbocycles. The van der Waals surface area contributed by atoms with Gasteiger partial charge in [0, 0.05) is 18.3 Å². The van der Waals surface area contributed by atoms with E-state index in [9.17, 15) is 9.18 Å². The van der Waals surface area contributed by atoms with Crippen molar-refractivity contribution in [1.82, 2.24) is 9.88 Å². The molecule has 4 heteroatoms. The molecule has 1 heterocycles. The van der Waals surface area contributed by atoms with Crippen LogP contribution in [0.1, 0.15) is 5.56 Å². The van der Waals surface area contributed by atoms with Gasteiger partial charge in [0.05, 0.1) is 0 Å². The minimum absolute atomic E-state index is 0.0716. The van der Waals surface area contributed by atoms with Gasteiger partial charge in [0.25, 0.3) is 0 Å². The molecule has 0 fully saturated rings. The van der Waals surface area contributed by atoms with E-state index in [2.05, 4.69) is 5.32 Å². The van der Waals surface area contributed by atoms with E-state index < -0.39 is 0 Å². The van der Waals surface area contributed by atoms with Crippen LogP contribution in [0.3, 0.4) is 0 Å². The molecule has 3 aromatic rings. The zero-order chi connectivity index (χ0) is 15.4. The lowest BCUT2D eigenvalue weighted by Gasteiger charge is -2.08. The number of carbonyl (C=O) groups excluding carboxylic acids is 1. The number of para-hydroxylation sites is 1. The van der Waals surface area contributed by atoms with Gasteiger partial charge in [-0.1, -0.05) is 36.4 Å². The lowest BCUT2D eigenvalue weighted by atomic mass is 10.1. The largest absolute Gasteiger partial charge is 0.354 e. The summed E-state index contributed by atoms with van der Waals surface area (Å²) in [6, 6.07) is 16.5. The number of carbonyl (C=O) groups is 1. The third kappa shape index (κ3) is 3.17. The van der Waals surface area contributed by atoms with Gasteiger partial charge in [0.2, 0.25) is 5.91 Å². The van der Waals surface area contributed by atoms with Crippen molar-refractivity contribution in [3.05, 3.63) is 72.2 Å². The lowest BCUT2D eigenvalue weighted by molar-refractivity contribution is -0.121. The fourth-order valence-corrected chi connectivity index (χ4v) is 2.53. The Hall–Kier alpha value is -2.62. The van der Waals surface area contributed by atoms with Crippen molar-refractivity contribution in [1.29, 1.82) is 0 Å². The second kappa shape index (κ2) is 6.43. The fourth-order valence-electron chi connectivity index (χ4n) is 2.53. The molecule has 0 aliphatic carbocycles. The Labute approximate surface area is 128 Å². The molecule has 0 atom stereocenters. The van der Waals surface area contributed by atoms with Gasteiger partial charge in [-0.25, -0.2) is 4.39 Å². The second-order valence-electron chi connectivity index (χ2n) is 5.19. The number of benzene rings is 2. The molecule has 1 amide bonds. The van der Waals surface area contributed by atoms with Crippen LogP contribution in [0.5, 0.6) is 0 Å². The Morgan fingerprint density at radius 1 is 1.05 bits per heavy atom. The standard InChI is InChI=1S/C18H17FN2O/c19-16-7-3-1-5-14(16)9-11-20-18(22)13-21-12-10-15-6-2-4-8-17(15)21/h1-8,10,12H,9,11,13H2,(H,20,22). The Morgan fingerprint density at radius 2 is 1.82 bits per heavy atom. The molecule has 0 unspecified atom stereocenters. The Kier molecular flexibility index (Phi) is 4.19. The summed E-state index contributed by atoms with van der Waals surface area (Å²) in [6.45, 7) is 0.698. The molecule has 0 saturated carbocycles. The highest BCUT2D eigenvalue weighted by Crippen LogP contribution is 2.14. The summed E-state index contributed by atoms with van der Waals surface area (Å²) in [5.74, 6) is -0.300. The minimum Gasteiger partial charge on any atom is -0.354 e. The molecule has 0 aliphatic rings. The highest BCUT2D eigenvalue weighted by molar-refractivity contribution is 5.83. The van der Waals surface area contributed by atoms with Crippen molar-refractivity contribution in [3.8, 4) is 0 Å². The number of fused-ring (bicyclic) bond motifs is 1. The summed E-state index contributed by atoms with van der Waals surface area (Å²) >= 11 is 0. The number of nitrogens with zero attached hydrogens (tertiary/aromatic N) is 1. The number of halogens is 1. The summed E-state index contributed by atoms with van der Waals surface area (Å²) in [4.78, 5) is 12.0. The van der Waals surface area contributed by atoms with E-state index in [0.717, 1.165) is 10.9 Å². The van der Waals surface area contributed by atoms with Crippen LogP contribution >= 0.6 is 0 Å². The molecular formula is C18H17FN2O. The van der Waals surface area contributed by atoms with Crippen LogP contribution in [0.15, 0.2) is 60.8 Å². The molecule has 0 bridgehead atoms. The second-order valence-corrected chi connectivity index (χ2v) is 5.19. The molecule has 3 rings (SSSR count). The van der Waals surface area contributed by atoms with Crippen molar-refractivity contribution in [3.63, 3.8) is 0 Å². The van der Waals surface area contributed by atoms with Crippen molar-refractivity contribution >= 4 is 16.8 Å². The SMILES string of the molecule is O=C(Cn1ccc2ccccc21)NCCc1ccccc1F. The van der Waals surface area contributed by atoms with Crippen LogP contribution in [0.2, 0.25) is 0 Å². The first-order chi connectivity index (χ1) is 10.7. The van der Waals surface area contributed by atoms with Crippen LogP contribution in [-0.2, 0) is 17.8 Å². The maximum Gasteiger partial charge on any atom is 0.239 e. The van der Waals surface area contributed by atoms with Gasteiger partial charge >= 0.3 is 0 Å². The van der Waals surface area contributed by atoms with Crippen molar-refractivity contribution in [2.45, 2.75) is 13.0 Å². The van der Waals surface area contributed by atoms with E-state index in [1.165, 1.54) is 6.07 Å². The van der Waals surface area contributed by atoms with Crippen LogP contribution in [-0.4, -0.2) is 17.0 Å². The maximum atomic E-state index is 13.5. The van der Waals surface area contributed by atoms with E-state index in [-0.39, 0.29) is 18.3 Å². The maximum absolute atomic E-state index is 13.5. The van der Waals surface area contributed by atoms with Crippen LogP contribution in [0, 0.1) is 5.82 Å². The Bertz CT molecular complexity index is 794. The van der Waals surface area contributed by atoms with Crippen LogP contribution in [0.4, 0.5) is 4.39 Å². The first-order valence-corrected chi connectivity index (χ1v) is 7.28. The average Bonchev–Trinajstić information content (AvgIpc) is 2.92. The molecule has 0 saturated heterocycles. The first kappa shape index (κ1) is 14.3. The molecule has 3 nitrogen and oxygen atoms in total. The van der Waals surface area contributed by atoms with E-state index >= 15 is 0 Å². The van der Waals surface area contributed by atoms with Gasteiger partial charge in [-0.15, -0.1) is 0 Å². The Balaban J connectivity index is 1.56. The van der Waals surface area contributed by atoms with Crippen LogP contribution in [0.25, 0.3) is 10.9 Å². The summed E-state index contributed by atoms with van der Waals surface area (Å²) in [7, 11) is 0. The number of hydrogen-bond donors (Lipinski definition) is 1.